The van der Waals surface area contributed by atoms with Crippen molar-refractivity contribution in [1.82, 2.24) is 9.97 Å². The fourth-order valence-corrected chi connectivity index (χ4v) is 3.85. The van der Waals surface area contributed by atoms with Gasteiger partial charge in [-0.25, -0.2) is 4.98 Å². The normalized spacial score (nSPS) is 19.1. The van der Waals surface area contributed by atoms with Crippen LogP contribution < -0.4 is 21.7 Å². The summed E-state index contributed by atoms with van der Waals surface area (Å²) in [5.74, 6) is 1.56. The van der Waals surface area contributed by atoms with Crippen LogP contribution in [0.4, 0.5) is 23.1 Å². The maximum absolute atomic E-state index is 9.14. The number of hydrogen-bond donors (Lipinski definition) is 3. The third-order valence-electron chi connectivity index (χ3n) is 5.01. The lowest BCUT2D eigenvalue weighted by Crippen LogP contribution is -2.43. The maximum Gasteiger partial charge on any atom is 0.229 e. The molecule has 7 nitrogen and oxygen atoms in total. The second-order valence-corrected chi connectivity index (χ2v) is 7.08. The Morgan fingerprint density at radius 3 is 2.88 bits per heavy atom. The SMILES string of the molecule is N#Cc1cc(N)cc(Nc2nc3c(c(N4CCCC(N)C4)n2)CCC3)c1. The largest absolute Gasteiger partial charge is 0.399 e. The summed E-state index contributed by atoms with van der Waals surface area (Å²) in [5, 5.41) is 12.4. The number of benzene rings is 1. The molecule has 4 rings (SSSR count). The van der Waals surface area contributed by atoms with Gasteiger partial charge in [0.15, 0.2) is 0 Å². The summed E-state index contributed by atoms with van der Waals surface area (Å²) < 4.78 is 0. The molecule has 2 aliphatic rings. The Hall–Kier alpha value is -2.85. The molecule has 0 amide bonds. The number of anilines is 4. The maximum atomic E-state index is 9.14. The van der Waals surface area contributed by atoms with Crippen LogP contribution in [0.15, 0.2) is 18.2 Å². The second kappa shape index (κ2) is 6.81. The molecular formula is C19H23N7. The minimum atomic E-state index is 0.194. The van der Waals surface area contributed by atoms with Crippen molar-refractivity contribution in [2.24, 2.45) is 5.73 Å². The smallest absolute Gasteiger partial charge is 0.229 e. The highest BCUT2D eigenvalue weighted by molar-refractivity contribution is 5.65. The number of piperidine rings is 1. The van der Waals surface area contributed by atoms with E-state index in [9.17, 15) is 0 Å². The molecule has 1 aliphatic heterocycles. The Morgan fingerprint density at radius 1 is 1.19 bits per heavy atom. The van der Waals surface area contributed by atoms with Crippen LogP contribution in [0.1, 0.15) is 36.1 Å². The molecule has 7 heteroatoms. The van der Waals surface area contributed by atoms with Gasteiger partial charge in [0.05, 0.1) is 17.3 Å². The van der Waals surface area contributed by atoms with E-state index in [4.69, 9.17) is 26.7 Å². The van der Waals surface area contributed by atoms with Crippen LogP contribution in [-0.4, -0.2) is 29.1 Å². The predicted molar refractivity (Wildman–Crippen MR) is 102 cm³/mol. The minimum Gasteiger partial charge on any atom is -0.399 e. The van der Waals surface area contributed by atoms with Crippen molar-refractivity contribution in [2.45, 2.75) is 38.1 Å². The van der Waals surface area contributed by atoms with Gasteiger partial charge in [-0.15, -0.1) is 0 Å². The van der Waals surface area contributed by atoms with Gasteiger partial charge in [-0.1, -0.05) is 0 Å². The highest BCUT2D eigenvalue weighted by Crippen LogP contribution is 2.32. The second-order valence-electron chi connectivity index (χ2n) is 7.08. The molecule has 26 heavy (non-hydrogen) atoms. The van der Waals surface area contributed by atoms with Crippen LogP contribution in [0, 0.1) is 11.3 Å². The zero-order valence-corrected chi connectivity index (χ0v) is 14.7. The molecule has 1 fully saturated rings. The molecule has 0 radical (unpaired) electrons. The average Bonchev–Trinajstić information content (AvgIpc) is 3.09. The standard InChI is InChI=1S/C19H23N7/c20-10-12-7-14(22)9-15(8-12)23-19-24-17-5-1-4-16(17)18(25-19)26-6-2-3-13(21)11-26/h7-9,13H,1-6,11,21-22H2,(H,23,24,25). The molecule has 0 spiro atoms. The van der Waals surface area contributed by atoms with Gasteiger partial charge >= 0.3 is 0 Å². The summed E-state index contributed by atoms with van der Waals surface area (Å²) in [4.78, 5) is 11.8. The topological polar surface area (TPSA) is 117 Å². The number of fused-ring (bicyclic) bond motifs is 1. The number of aromatic nitrogens is 2. The highest BCUT2D eigenvalue weighted by atomic mass is 15.2. The van der Waals surface area contributed by atoms with Gasteiger partial charge in [-0.3, -0.25) is 0 Å². The molecule has 1 atom stereocenters. The summed E-state index contributed by atoms with van der Waals surface area (Å²) in [6, 6.07) is 7.50. The summed E-state index contributed by atoms with van der Waals surface area (Å²) >= 11 is 0. The van der Waals surface area contributed by atoms with E-state index < -0.39 is 0 Å². The fourth-order valence-electron chi connectivity index (χ4n) is 3.85. The minimum absolute atomic E-state index is 0.194. The quantitative estimate of drug-likeness (QED) is 0.726. The number of nitrogen functional groups attached to an aromatic ring is 1. The molecule has 1 aliphatic carbocycles. The van der Waals surface area contributed by atoms with E-state index in [1.807, 2.05) is 0 Å². The van der Waals surface area contributed by atoms with Crippen molar-refractivity contribution in [3.8, 4) is 6.07 Å². The summed E-state index contributed by atoms with van der Waals surface area (Å²) in [7, 11) is 0. The number of nitrogens with one attached hydrogen (secondary N) is 1. The molecule has 2 heterocycles. The van der Waals surface area contributed by atoms with Crippen molar-refractivity contribution in [3.63, 3.8) is 0 Å². The molecule has 1 unspecified atom stereocenters. The zero-order valence-electron chi connectivity index (χ0n) is 14.7. The Bertz CT molecular complexity index is 871. The van der Waals surface area contributed by atoms with Gasteiger partial charge in [0.1, 0.15) is 5.82 Å². The van der Waals surface area contributed by atoms with Gasteiger partial charge < -0.3 is 21.7 Å². The van der Waals surface area contributed by atoms with E-state index in [-0.39, 0.29) is 6.04 Å². The van der Waals surface area contributed by atoms with Gasteiger partial charge in [0, 0.05) is 36.1 Å². The number of rotatable bonds is 3. The van der Waals surface area contributed by atoms with Gasteiger partial charge in [-0.2, -0.15) is 10.2 Å². The number of nitriles is 1. The number of nitrogens with zero attached hydrogens (tertiary/aromatic N) is 4. The molecule has 2 aromatic rings. The van der Waals surface area contributed by atoms with Crippen LogP contribution in [-0.2, 0) is 12.8 Å². The van der Waals surface area contributed by atoms with Crippen molar-refractivity contribution in [1.29, 1.82) is 5.26 Å². The monoisotopic (exact) mass is 349 g/mol. The van der Waals surface area contributed by atoms with E-state index in [0.717, 1.165) is 62.4 Å². The van der Waals surface area contributed by atoms with Crippen molar-refractivity contribution >= 4 is 23.1 Å². The molecule has 1 aromatic carbocycles. The molecule has 1 aromatic heterocycles. The van der Waals surface area contributed by atoms with Crippen molar-refractivity contribution in [3.05, 3.63) is 35.0 Å². The van der Waals surface area contributed by atoms with Gasteiger partial charge in [0.25, 0.3) is 0 Å². The Kier molecular flexibility index (Phi) is 4.35. The number of hydrogen-bond acceptors (Lipinski definition) is 7. The highest BCUT2D eigenvalue weighted by Gasteiger charge is 2.26. The van der Waals surface area contributed by atoms with Crippen LogP contribution in [0.2, 0.25) is 0 Å². The number of nitrogens with two attached hydrogens (primary N) is 2. The third-order valence-corrected chi connectivity index (χ3v) is 5.01. The van der Waals surface area contributed by atoms with Crippen LogP contribution in [0.25, 0.3) is 0 Å². The van der Waals surface area contributed by atoms with E-state index in [1.54, 1.807) is 18.2 Å². The van der Waals surface area contributed by atoms with Crippen LogP contribution in [0.3, 0.4) is 0 Å². The Balaban J connectivity index is 1.68. The first-order valence-corrected chi connectivity index (χ1v) is 9.10. The first kappa shape index (κ1) is 16.6. The first-order valence-electron chi connectivity index (χ1n) is 9.10. The van der Waals surface area contributed by atoms with Crippen molar-refractivity contribution < 1.29 is 0 Å². The van der Waals surface area contributed by atoms with Gasteiger partial charge in [-0.05, 0) is 50.3 Å². The lowest BCUT2D eigenvalue weighted by molar-refractivity contribution is 0.502. The lowest BCUT2D eigenvalue weighted by atomic mass is 10.1. The lowest BCUT2D eigenvalue weighted by Gasteiger charge is -2.33. The van der Waals surface area contributed by atoms with Crippen LogP contribution >= 0.6 is 0 Å². The first-order chi connectivity index (χ1) is 12.6. The molecule has 0 saturated carbocycles. The van der Waals surface area contributed by atoms with Crippen molar-refractivity contribution in [2.75, 3.05) is 29.0 Å². The van der Waals surface area contributed by atoms with Crippen LogP contribution in [0.5, 0.6) is 0 Å². The molecule has 134 valence electrons. The van der Waals surface area contributed by atoms with Gasteiger partial charge in [0.2, 0.25) is 5.95 Å². The van der Waals surface area contributed by atoms with E-state index in [2.05, 4.69) is 16.3 Å². The fraction of sp³-hybridized carbons (Fsp3) is 0.421. The number of aryl methyl sites for hydroxylation is 1. The van der Waals surface area contributed by atoms with E-state index in [1.165, 1.54) is 5.56 Å². The average molecular weight is 349 g/mol. The summed E-state index contributed by atoms with van der Waals surface area (Å²) in [5.41, 5.74) is 16.2. The van der Waals surface area contributed by atoms with E-state index >= 15 is 0 Å². The molecular weight excluding hydrogens is 326 g/mol. The summed E-state index contributed by atoms with van der Waals surface area (Å²) in [6.07, 6.45) is 5.25. The Labute approximate surface area is 153 Å². The van der Waals surface area contributed by atoms with E-state index in [0.29, 0.717) is 17.2 Å². The Morgan fingerprint density at radius 2 is 2.08 bits per heavy atom. The molecule has 5 N–H and O–H groups in total. The predicted octanol–water partition coefficient (Wildman–Crippen LogP) is 2.09. The zero-order chi connectivity index (χ0) is 18.1. The summed E-state index contributed by atoms with van der Waals surface area (Å²) in [6.45, 7) is 1.81. The molecule has 1 saturated heterocycles. The third kappa shape index (κ3) is 3.28. The molecule has 0 bridgehead atoms.